The molecule has 8 rings (SSSR count). The molecule has 4 aromatic rings. The van der Waals surface area contributed by atoms with Crippen LogP contribution in [0.1, 0.15) is 73.6 Å². The third-order valence-corrected chi connectivity index (χ3v) is 10.7. The zero-order valence-corrected chi connectivity index (χ0v) is 27.3. The van der Waals surface area contributed by atoms with E-state index in [1.54, 1.807) is 37.1 Å². The SMILES string of the molecule is CO[C@@H]1CCN(C(=O)c2cc(F)c3c(c2)nc(-c2cc4ccc5nc4n2CC(F)(F)CCC[C@@H]2C[C@H]2C(=O)N[C@@H]5C)n3[C@@H]2C[C@H]2F)C[C@@H]1N. The molecule has 2 bridgehead atoms. The Hall–Kier alpha value is -4.04. The molecule has 260 valence electrons. The van der Waals surface area contributed by atoms with Crippen LogP contribution in [0.25, 0.3) is 33.6 Å². The maximum Gasteiger partial charge on any atom is 0.265 e. The first-order valence-corrected chi connectivity index (χ1v) is 17.0. The average molecular weight is 682 g/mol. The number of imidazole rings is 1. The number of piperidine rings is 1. The molecule has 0 radical (unpaired) electrons. The number of ether oxygens (including phenoxy) is 1. The van der Waals surface area contributed by atoms with Crippen LogP contribution in [0.4, 0.5) is 17.6 Å². The summed E-state index contributed by atoms with van der Waals surface area (Å²) in [6, 6.07) is 6.14. The number of hydrogen-bond donors (Lipinski definition) is 2. The molecular formula is C35H39F4N7O3. The Morgan fingerprint density at radius 3 is 2.67 bits per heavy atom. The highest BCUT2D eigenvalue weighted by Gasteiger charge is 2.45. The van der Waals surface area contributed by atoms with Gasteiger partial charge in [-0.05, 0) is 68.9 Å². The van der Waals surface area contributed by atoms with Crippen molar-refractivity contribution in [2.24, 2.45) is 17.6 Å². The Bertz CT molecular complexity index is 1980. The monoisotopic (exact) mass is 681 g/mol. The number of nitrogens with zero attached hydrogens (tertiary/aromatic N) is 5. The highest BCUT2D eigenvalue weighted by molar-refractivity contribution is 5.98. The standard InChI is InChI=1S/C35H39F4N7O3/c1-17-25-6-5-19-13-28(45(31(19)42-25)16-35(38,39)8-3-4-18-10-21(18)33(47)41-17)32-43-26-12-20(11-23(37)30(26)46(32)27-14-22(27)36)34(48)44-9-7-29(49-2)24(40)15-44/h5-6,11-13,17-18,21-22,24,27,29H,3-4,7-10,14-16,40H2,1-2H3,(H,41,47)/t17-,18-,21-,22-,24+,27-,29-/m1/s1. The summed E-state index contributed by atoms with van der Waals surface area (Å²) in [7, 11) is 1.57. The number of halogens is 4. The van der Waals surface area contributed by atoms with E-state index in [2.05, 4.69) is 5.32 Å². The summed E-state index contributed by atoms with van der Waals surface area (Å²) in [6.07, 6.45) is 0.276. The van der Waals surface area contributed by atoms with Crippen molar-refractivity contribution in [3.05, 3.63) is 47.4 Å². The molecule has 3 N–H and O–H groups in total. The van der Waals surface area contributed by atoms with Gasteiger partial charge >= 0.3 is 0 Å². The molecular weight excluding hydrogens is 642 g/mol. The van der Waals surface area contributed by atoms with Gasteiger partial charge in [0.15, 0.2) is 5.82 Å². The molecule has 14 heteroatoms. The van der Waals surface area contributed by atoms with E-state index in [-0.39, 0.29) is 83.4 Å². The summed E-state index contributed by atoms with van der Waals surface area (Å²) in [6.45, 7) is 1.70. The number of carbonyl (C=O) groups is 2. The minimum Gasteiger partial charge on any atom is -0.380 e. The van der Waals surface area contributed by atoms with Gasteiger partial charge in [0, 0.05) is 56.0 Å². The van der Waals surface area contributed by atoms with E-state index >= 15 is 13.2 Å². The number of aromatic nitrogens is 4. The van der Waals surface area contributed by atoms with Gasteiger partial charge in [-0.25, -0.2) is 27.5 Å². The third-order valence-electron chi connectivity index (χ3n) is 10.7. The first-order valence-electron chi connectivity index (χ1n) is 17.0. The molecule has 5 heterocycles. The van der Waals surface area contributed by atoms with E-state index in [0.717, 1.165) is 6.07 Å². The molecule has 3 aromatic heterocycles. The Balaban J connectivity index is 1.24. The number of pyridine rings is 1. The van der Waals surface area contributed by atoms with Crippen LogP contribution >= 0.6 is 0 Å². The molecule has 4 aliphatic rings. The van der Waals surface area contributed by atoms with Crippen LogP contribution in [0, 0.1) is 17.7 Å². The second-order valence-electron chi connectivity index (χ2n) is 14.3. The molecule has 0 unspecified atom stereocenters. The molecule has 7 atom stereocenters. The number of nitrogens with one attached hydrogen (secondary N) is 1. The fourth-order valence-corrected chi connectivity index (χ4v) is 7.79. The Morgan fingerprint density at radius 2 is 1.94 bits per heavy atom. The zero-order chi connectivity index (χ0) is 34.4. The van der Waals surface area contributed by atoms with Crippen molar-refractivity contribution in [1.29, 1.82) is 0 Å². The van der Waals surface area contributed by atoms with E-state index in [0.29, 0.717) is 36.9 Å². The topological polar surface area (TPSA) is 120 Å². The molecule has 10 nitrogen and oxygen atoms in total. The summed E-state index contributed by atoms with van der Waals surface area (Å²) in [5.74, 6) is -4.38. The molecule has 2 saturated carbocycles. The van der Waals surface area contributed by atoms with E-state index in [9.17, 15) is 14.0 Å². The first kappa shape index (κ1) is 32.2. The Kier molecular flexibility index (Phi) is 7.74. The summed E-state index contributed by atoms with van der Waals surface area (Å²) < 4.78 is 70.7. The Labute approximate surface area is 280 Å². The lowest BCUT2D eigenvalue weighted by molar-refractivity contribution is -0.123. The number of likely N-dealkylation sites (tertiary alicyclic amines) is 1. The smallest absolute Gasteiger partial charge is 0.265 e. The maximum atomic E-state index is 16.1. The van der Waals surface area contributed by atoms with E-state index < -0.39 is 48.5 Å². The predicted molar refractivity (Wildman–Crippen MR) is 173 cm³/mol. The fraction of sp³-hybridized carbons (Fsp3) is 0.543. The number of nitrogens with two attached hydrogens (primary N) is 1. The van der Waals surface area contributed by atoms with Crippen molar-refractivity contribution < 1.29 is 31.9 Å². The molecule has 2 aliphatic heterocycles. The molecule has 0 spiro atoms. The third kappa shape index (κ3) is 5.76. The largest absolute Gasteiger partial charge is 0.380 e. The van der Waals surface area contributed by atoms with Crippen molar-refractivity contribution in [3.8, 4) is 11.5 Å². The lowest BCUT2D eigenvalue weighted by Gasteiger charge is -2.35. The summed E-state index contributed by atoms with van der Waals surface area (Å²) in [5, 5.41) is 3.57. The van der Waals surface area contributed by atoms with Crippen LogP contribution in [0.5, 0.6) is 0 Å². The lowest BCUT2D eigenvalue weighted by atomic mass is 10.0. The zero-order valence-electron chi connectivity index (χ0n) is 27.3. The van der Waals surface area contributed by atoms with Gasteiger partial charge < -0.3 is 29.8 Å². The van der Waals surface area contributed by atoms with Gasteiger partial charge in [0.25, 0.3) is 11.8 Å². The summed E-state index contributed by atoms with van der Waals surface area (Å²) in [4.78, 5) is 37.4. The number of methoxy groups -OCH3 is 1. The Morgan fingerprint density at radius 1 is 1.14 bits per heavy atom. The van der Waals surface area contributed by atoms with Gasteiger partial charge in [0.2, 0.25) is 5.91 Å². The normalized spacial score (nSPS) is 29.9. The number of rotatable bonds is 4. The second kappa shape index (κ2) is 11.8. The van der Waals surface area contributed by atoms with Crippen LogP contribution in [0.2, 0.25) is 0 Å². The van der Waals surface area contributed by atoms with Gasteiger partial charge in [0.05, 0.1) is 41.6 Å². The molecule has 49 heavy (non-hydrogen) atoms. The van der Waals surface area contributed by atoms with Crippen molar-refractivity contribution in [1.82, 2.24) is 29.3 Å². The van der Waals surface area contributed by atoms with E-state index in [1.807, 2.05) is 0 Å². The summed E-state index contributed by atoms with van der Waals surface area (Å²) >= 11 is 0. The number of benzene rings is 1. The van der Waals surface area contributed by atoms with Crippen molar-refractivity contribution in [3.63, 3.8) is 0 Å². The van der Waals surface area contributed by atoms with Crippen molar-refractivity contribution >= 4 is 33.9 Å². The number of hydrogen-bond acceptors (Lipinski definition) is 6. The lowest BCUT2D eigenvalue weighted by Crippen LogP contribution is -2.53. The van der Waals surface area contributed by atoms with Crippen LogP contribution in [-0.4, -0.2) is 80.3 Å². The highest BCUT2D eigenvalue weighted by Crippen LogP contribution is 2.47. The number of carbonyl (C=O) groups excluding carboxylic acids is 2. The van der Waals surface area contributed by atoms with Gasteiger partial charge in [-0.2, -0.15) is 0 Å². The fourth-order valence-electron chi connectivity index (χ4n) is 7.79. The van der Waals surface area contributed by atoms with Gasteiger partial charge in [0.1, 0.15) is 23.2 Å². The molecule has 1 aromatic carbocycles. The highest BCUT2D eigenvalue weighted by atomic mass is 19.3. The van der Waals surface area contributed by atoms with Crippen LogP contribution in [-0.2, 0) is 16.1 Å². The quantitative estimate of drug-likeness (QED) is 0.283. The van der Waals surface area contributed by atoms with E-state index in [4.69, 9.17) is 20.4 Å². The van der Waals surface area contributed by atoms with Crippen molar-refractivity contribution in [2.75, 3.05) is 20.2 Å². The minimum atomic E-state index is -3.14. The van der Waals surface area contributed by atoms with Gasteiger partial charge in [-0.15, -0.1) is 0 Å². The number of fused-ring (bicyclic) bond motifs is 3. The van der Waals surface area contributed by atoms with E-state index in [1.165, 1.54) is 15.2 Å². The van der Waals surface area contributed by atoms with Gasteiger partial charge in [-0.1, -0.05) is 0 Å². The maximum absolute atomic E-state index is 16.1. The van der Waals surface area contributed by atoms with Crippen LogP contribution in [0.15, 0.2) is 30.3 Å². The number of amides is 2. The summed E-state index contributed by atoms with van der Waals surface area (Å²) in [5.41, 5.74) is 7.38. The van der Waals surface area contributed by atoms with Crippen LogP contribution < -0.4 is 11.1 Å². The average Bonchev–Trinajstić information content (AvgIpc) is 3.93. The molecule has 2 amide bonds. The number of alkyl halides is 3. The molecule has 2 aliphatic carbocycles. The second-order valence-corrected chi connectivity index (χ2v) is 14.3. The first-order chi connectivity index (χ1) is 23.4. The van der Waals surface area contributed by atoms with Crippen LogP contribution in [0.3, 0.4) is 0 Å². The predicted octanol–water partition coefficient (Wildman–Crippen LogP) is 5.30. The molecule has 3 fully saturated rings. The van der Waals surface area contributed by atoms with Gasteiger partial charge in [-0.3, -0.25) is 9.59 Å². The van der Waals surface area contributed by atoms with Crippen molar-refractivity contribution in [2.45, 2.75) is 88.3 Å². The minimum absolute atomic E-state index is 0.00108. The molecule has 1 saturated heterocycles.